The van der Waals surface area contributed by atoms with Crippen molar-refractivity contribution < 1.29 is 0 Å². The van der Waals surface area contributed by atoms with Gasteiger partial charge in [-0.25, -0.2) is 0 Å². The van der Waals surface area contributed by atoms with Gasteiger partial charge in [-0.1, -0.05) is 6.92 Å². The van der Waals surface area contributed by atoms with Gasteiger partial charge in [0.05, 0.1) is 0 Å². The van der Waals surface area contributed by atoms with E-state index in [0.29, 0.717) is 0 Å². The minimum absolute atomic E-state index is 0.776. The summed E-state index contributed by atoms with van der Waals surface area (Å²) in [5.74, 6) is 3.79. The highest BCUT2D eigenvalue weighted by molar-refractivity contribution is 7.99. The summed E-state index contributed by atoms with van der Waals surface area (Å²) < 4.78 is 0. The zero-order chi connectivity index (χ0) is 11.2. The largest absolute Gasteiger partial charge is 0.313 e. The van der Waals surface area contributed by atoms with E-state index in [1.807, 2.05) is 0 Å². The summed E-state index contributed by atoms with van der Waals surface area (Å²) in [7, 11) is 0. The molecule has 0 aromatic carbocycles. The van der Waals surface area contributed by atoms with Crippen LogP contribution in [-0.2, 0) is 0 Å². The zero-order valence-electron chi connectivity index (χ0n) is 10.6. The first-order valence-electron chi connectivity index (χ1n) is 6.92. The van der Waals surface area contributed by atoms with Gasteiger partial charge in [0.2, 0.25) is 0 Å². The molecule has 3 heteroatoms. The van der Waals surface area contributed by atoms with Gasteiger partial charge in [0.1, 0.15) is 0 Å². The molecule has 1 N–H and O–H groups in total. The van der Waals surface area contributed by atoms with E-state index in [9.17, 15) is 0 Å². The minimum Gasteiger partial charge on any atom is -0.313 e. The average Bonchev–Trinajstić information content (AvgIpc) is 2.75. The van der Waals surface area contributed by atoms with E-state index in [1.54, 1.807) is 0 Å². The first kappa shape index (κ1) is 12.7. The molecule has 2 rings (SSSR count). The van der Waals surface area contributed by atoms with Crippen molar-refractivity contribution >= 4 is 11.8 Å². The Hall–Kier alpha value is 0.270. The number of hydrogen-bond acceptors (Lipinski definition) is 3. The van der Waals surface area contributed by atoms with Crippen LogP contribution in [0.1, 0.15) is 32.6 Å². The van der Waals surface area contributed by atoms with E-state index in [1.165, 1.54) is 63.4 Å². The highest BCUT2D eigenvalue weighted by atomic mass is 32.2. The molecular weight excluding hydrogens is 216 g/mol. The summed E-state index contributed by atoms with van der Waals surface area (Å²) in [6.45, 7) is 7.43. The summed E-state index contributed by atoms with van der Waals surface area (Å²) in [5.41, 5.74) is 0. The van der Waals surface area contributed by atoms with E-state index in [2.05, 4.69) is 28.9 Å². The molecule has 0 bridgehead atoms. The first-order chi connectivity index (χ1) is 7.88. The fourth-order valence-corrected chi connectivity index (χ4v) is 4.01. The molecule has 0 aromatic heterocycles. The van der Waals surface area contributed by atoms with Crippen LogP contribution in [0, 0.1) is 5.92 Å². The first-order valence-corrected chi connectivity index (χ1v) is 8.07. The second-order valence-electron chi connectivity index (χ2n) is 5.26. The second-order valence-corrected chi connectivity index (χ2v) is 6.48. The smallest absolute Gasteiger partial charge is 0.0207 e. The number of nitrogens with one attached hydrogen (secondary N) is 1. The minimum atomic E-state index is 0.776. The molecule has 1 unspecified atom stereocenters. The molecular formula is C13H26N2S. The maximum Gasteiger partial charge on any atom is 0.0207 e. The number of likely N-dealkylation sites (tertiary alicyclic amines) is 1. The van der Waals surface area contributed by atoms with Crippen LogP contribution in [-0.4, -0.2) is 48.6 Å². The fraction of sp³-hybridized carbons (Fsp3) is 1.00. The van der Waals surface area contributed by atoms with Crippen LogP contribution >= 0.6 is 11.8 Å². The van der Waals surface area contributed by atoms with Crippen LogP contribution in [0.4, 0.5) is 0 Å². The van der Waals surface area contributed by atoms with Crippen LogP contribution in [0.25, 0.3) is 0 Å². The van der Waals surface area contributed by atoms with E-state index in [0.717, 1.165) is 12.0 Å². The number of hydrogen-bond donors (Lipinski definition) is 1. The van der Waals surface area contributed by atoms with E-state index < -0.39 is 0 Å². The summed E-state index contributed by atoms with van der Waals surface area (Å²) in [5, 5.41) is 3.65. The van der Waals surface area contributed by atoms with Crippen molar-refractivity contribution in [2.75, 3.05) is 37.7 Å². The van der Waals surface area contributed by atoms with E-state index in [-0.39, 0.29) is 0 Å². The molecule has 2 saturated heterocycles. The Kier molecular flexibility index (Phi) is 5.46. The quantitative estimate of drug-likeness (QED) is 0.796. The van der Waals surface area contributed by atoms with E-state index >= 15 is 0 Å². The molecule has 2 aliphatic heterocycles. The predicted molar refractivity (Wildman–Crippen MR) is 73.2 cm³/mol. The molecule has 16 heavy (non-hydrogen) atoms. The number of nitrogens with zero attached hydrogens (tertiary/aromatic N) is 1. The lowest BCUT2D eigenvalue weighted by Crippen LogP contribution is -2.35. The molecule has 2 aliphatic rings. The molecule has 2 heterocycles. The van der Waals surface area contributed by atoms with Crippen LogP contribution in [0.15, 0.2) is 0 Å². The lowest BCUT2D eigenvalue weighted by molar-refractivity contribution is 0.262. The number of thioether (sulfide) groups is 1. The van der Waals surface area contributed by atoms with Crippen molar-refractivity contribution in [3.8, 4) is 0 Å². The van der Waals surface area contributed by atoms with Gasteiger partial charge < -0.3 is 10.2 Å². The lowest BCUT2D eigenvalue weighted by Gasteiger charge is -2.26. The monoisotopic (exact) mass is 242 g/mol. The van der Waals surface area contributed by atoms with Gasteiger partial charge in [-0.2, -0.15) is 11.8 Å². The van der Waals surface area contributed by atoms with Crippen LogP contribution in [0.3, 0.4) is 0 Å². The van der Waals surface area contributed by atoms with Gasteiger partial charge >= 0.3 is 0 Å². The molecule has 0 aliphatic carbocycles. The molecule has 94 valence electrons. The SMILES string of the molecule is CCCNC1CCN(CC2CCSCC2)C1. The van der Waals surface area contributed by atoms with Crippen LogP contribution in [0.2, 0.25) is 0 Å². The Bertz CT molecular complexity index is 192. The molecule has 1 atom stereocenters. The topological polar surface area (TPSA) is 15.3 Å². The maximum atomic E-state index is 3.65. The third-order valence-electron chi connectivity index (χ3n) is 3.81. The van der Waals surface area contributed by atoms with Crippen molar-refractivity contribution in [1.82, 2.24) is 10.2 Å². The molecule has 2 nitrogen and oxygen atoms in total. The highest BCUT2D eigenvalue weighted by Crippen LogP contribution is 2.24. The Balaban J connectivity index is 1.63. The maximum absolute atomic E-state index is 3.65. The van der Waals surface area contributed by atoms with Gasteiger partial charge in [0.25, 0.3) is 0 Å². The van der Waals surface area contributed by atoms with Crippen molar-refractivity contribution in [2.45, 2.75) is 38.6 Å². The van der Waals surface area contributed by atoms with Gasteiger partial charge in [0.15, 0.2) is 0 Å². The second kappa shape index (κ2) is 6.87. The summed E-state index contributed by atoms with van der Waals surface area (Å²) in [6, 6.07) is 0.776. The van der Waals surface area contributed by atoms with E-state index in [4.69, 9.17) is 0 Å². The van der Waals surface area contributed by atoms with Crippen molar-refractivity contribution in [1.29, 1.82) is 0 Å². The summed E-state index contributed by atoms with van der Waals surface area (Å²) >= 11 is 2.14. The summed E-state index contributed by atoms with van der Waals surface area (Å²) in [4.78, 5) is 2.69. The third-order valence-corrected chi connectivity index (χ3v) is 4.86. The molecule has 0 amide bonds. The standard InChI is InChI=1S/C13H26N2S/c1-2-6-14-13-3-7-15(11-13)10-12-4-8-16-9-5-12/h12-14H,2-11H2,1H3. The average molecular weight is 242 g/mol. The third kappa shape index (κ3) is 3.94. The Morgan fingerprint density at radius 3 is 2.81 bits per heavy atom. The molecule has 0 radical (unpaired) electrons. The molecule has 0 saturated carbocycles. The zero-order valence-corrected chi connectivity index (χ0v) is 11.4. The highest BCUT2D eigenvalue weighted by Gasteiger charge is 2.24. The van der Waals surface area contributed by atoms with Crippen molar-refractivity contribution in [3.63, 3.8) is 0 Å². The van der Waals surface area contributed by atoms with Gasteiger partial charge in [0, 0.05) is 19.1 Å². The van der Waals surface area contributed by atoms with Crippen molar-refractivity contribution in [2.24, 2.45) is 5.92 Å². The Morgan fingerprint density at radius 1 is 1.25 bits per heavy atom. The van der Waals surface area contributed by atoms with Crippen LogP contribution in [0.5, 0.6) is 0 Å². The normalized spacial score (nSPS) is 28.7. The van der Waals surface area contributed by atoms with Crippen molar-refractivity contribution in [3.05, 3.63) is 0 Å². The fourth-order valence-electron chi connectivity index (χ4n) is 2.81. The summed E-state index contributed by atoms with van der Waals surface area (Å²) in [6.07, 6.45) is 5.53. The van der Waals surface area contributed by atoms with Gasteiger partial charge in [-0.05, 0) is 56.2 Å². The Labute approximate surface area is 105 Å². The van der Waals surface area contributed by atoms with Gasteiger partial charge in [-0.3, -0.25) is 0 Å². The molecule has 0 spiro atoms. The number of rotatable bonds is 5. The molecule has 0 aromatic rings. The predicted octanol–water partition coefficient (Wildman–Crippen LogP) is 2.20. The lowest BCUT2D eigenvalue weighted by atomic mass is 10.0. The van der Waals surface area contributed by atoms with Crippen LogP contribution < -0.4 is 5.32 Å². The Morgan fingerprint density at radius 2 is 2.06 bits per heavy atom. The molecule has 2 fully saturated rings. The van der Waals surface area contributed by atoms with Gasteiger partial charge in [-0.15, -0.1) is 0 Å².